The first-order chi connectivity index (χ1) is 8.98. The third-order valence-corrected chi connectivity index (χ3v) is 3.40. The van der Waals surface area contributed by atoms with Crippen LogP contribution in [0.3, 0.4) is 0 Å². The average Bonchev–Trinajstić information content (AvgIpc) is 2.18. The lowest BCUT2D eigenvalue weighted by Gasteiger charge is -2.33. The first kappa shape index (κ1) is 17.0. The summed E-state index contributed by atoms with van der Waals surface area (Å²) in [6.07, 6.45) is 1.55. The lowest BCUT2D eigenvalue weighted by Crippen LogP contribution is -2.35. The fourth-order valence-corrected chi connectivity index (χ4v) is 2.86. The topological polar surface area (TPSA) is 74.2 Å². The van der Waals surface area contributed by atoms with Gasteiger partial charge in [0.15, 0.2) is 0 Å². The fraction of sp³-hybridized carbons (Fsp3) is 0.571. The number of anilines is 2. The summed E-state index contributed by atoms with van der Waals surface area (Å²) in [7, 11) is 0. The molecule has 1 heterocycles. The van der Waals surface area contributed by atoms with Gasteiger partial charge >= 0.3 is 6.09 Å². The average molecular weight is 391 g/mol. The largest absolute Gasteiger partial charge is 0.465 e. The smallest absolute Gasteiger partial charge is 0.409 e. The van der Waals surface area contributed by atoms with Crippen molar-refractivity contribution in [2.75, 3.05) is 10.6 Å². The first-order valence-electron chi connectivity index (χ1n) is 6.42. The van der Waals surface area contributed by atoms with Crippen LogP contribution in [-0.4, -0.2) is 21.7 Å². The third kappa shape index (κ3) is 5.94. The Morgan fingerprint density at radius 2 is 1.95 bits per heavy atom. The van der Waals surface area contributed by atoms with E-state index in [1.54, 1.807) is 12.3 Å². The molecule has 0 saturated heterocycles. The Kier molecular flexibility index (Phi) is 5.23. The Bertz CT molecular complexity index is 496. The van der Waals surface area contributed by atoms with Crippen molar-refractivity contribution in [2.24, 2.45) is 5.41 Å². The van der Waals surface area contributed by atoms with E-state index in [9.17, 15) is 4.79 Å². The number of halogens is 1. The van der Waals surface area contributed by atoms with Crippen molar-refractivity contribution in [3.63, 3.8) is 0 Å². The Balaban J connectivity index is 2.90. The lowest BCUT2D eigenvalue weighted by atomic mass is 9.82. The quantitative estimate of drug-likeness (QED) is 0.665. The van der Waals surface area contributed by atoms with E-state index in [-0.39, 0.29) is 11.0 Å². The Morgan fingerprint density at radius 1 is 1.35 bits per heavy atom. The van der Waals surface area contributed by atoms with Gasteiger partial charge in [0.2, 0.25) is 0 Å². The molecule has 0 aliphatic rings. The monoisotopic (exact) mass is 391 g/mol. The number of hydrogen-bond acceptors (Lipinski definition) is 3. The number of carboxylic acid groups (broad SMARTS) is 1. The number of nitrogens with zero attached hydrogens (tertiary/aromatic N) is 1. The van der Waals surface area contributed by atoms with Gasteiger partial charge in [-0.1, -0.05) is 20.8 Å². The van der Waals surface area contributed by atoms with Gasteiger partial charge in [0.1, 0.15) is 5.82 Å². The molecule has 6 heteroatoms. The van der Waals surface area contributed by atoms with Crippen molar-refractivity contribution >= 4 is 40.2 Å². The molecular formula is C14H22IN3O2. The standard InChI is InChI=1S/C14H22IN3O2/c1-13(2,3)8-14(4,5)18-11-6-10(17-12(19)20)9(15)7-16-11/h6-7H,8H2,1-5H3,(H,19,20)(H2,16,17,18). The minimum Gasteiger partial charge on any atom is -0.465 e. The highest BCUT2D eigenvalue weighted by atomic mass is 127. The van der Waals surface area contributed by atoms with E-state index in [0.717, 1.165) is 9.99 Å². The van der Waals surface area contributed by atoms with Crippen LogP contribution in [-0.2, 0) is 0 Å². The van der Waals surface area contributed by atoms with Gasteiger partial charge in [-0.05, 0) is 48.3 Å². The van der Waals surface area contributed by atoms with Gasteiger partial charge in [-0.2, -0.15) is 0 Å². The molecule has 1 aromatic rings. The molecule has 0 radical (unpaired) electrons. The zero-order chi connectivity index (χ0) is 15.6. The molecule has 1 amide bonds. The van der Waals surface area contributed by atoms with E-state index in [2.05, 4.69) is 72.8 Å². The summed E-state index contributed by atoms with van der Waals surface area (Å²) < 4.78 is 0.768. The van der Waals surface area contributed by atoms with Gasteiger partial charge in [0.05, 0.1) is 9.26 Å². The molecule has 1 aromatic heterocycles. The zero-order valence-electron chi connectivity index (χ0n) is 12.5. The molecule has 20 heavy (non-hydrogen) atoms. The number of pyridine rings is 1. The first-order valence-corrected chi connectivity index (χ1v) is 7.50. The molecule has 112 valence electrons. The van der Waals surface area contributed by atoms with Gasteiger partial charge in [-0.15, -0.1) is 0 Å². The number of amides is 1. The van der Waals surface area contributed by atoms with Crippen LogP contribution in [0.4, 0.5) is 16.3 Å². The number of hydrogen-bond donors (Lipinski definition) is 3. The summed E-state index contributed by atoms with van der Waals surface area (Å²) in [5, 5.41) is 14.6. The number of aromatic nitrogens is 1. The molecule has 0 bridgehead atoms. The van der Waals surface area contributed by atoms with Gasteiger partial charge in [0, 0.05) is 17.8 Å². The molecule has 0 fully saturated rings. The highest BCUT2D eigenvalue weighted by Gasteiger charge is 2.25. The number of rotatable bonds is 4. The van der Waals surface area contributed by atoms with Crippen LogP contribution >= 0.6 is 22.6 Å². The van der Waals surface area contributed by atoms with Crippen LogP contribution in [0.5, 0.6) is 0 Å². The van der Waals surface area contributed by atoms with Crippen LogP contribution < -0.4 is 10.6 Å². The molecule has 1 rings (SSSR count). The second-order valence-electron chi connectivity index (χ2n) is 6.73. The fourth-order valence-electron chi connectivity index (χ4n) is 2.43. The summed E-state index contributed by atoms with van der Waals surface area (Å²) in [6, 6.07) is 1.72. The Labute approximate surface area is 133 Å². The van der Waals surface area contributed by atoms with E-state index in [0.29, 0.717) is 11.5 Å². The van der Waals surface area contributed by atoms with Gasteiger partial charge < -0.3 is 10.4 Å². The van der Waals surface area contributed by atoms with E-state index >= 15 is 0 Å². The molecule has 0 unspecified atom stereocenters. The van der Waals surface area contributed by atoms with E-state index in [1.807, 2.05) is 0 Å². The summed E-state index contributed by atoms with van der Waals surface area (Å²) >= 11 is 2.05. The van der Waals surface area contributed by atoms with Crippen LogP contribution in [0, 0.1) is 8.99 Å². The van der Waals surface area contributed by atoms with Crippen molar-refractivity contribution < 1.29 is 9.90 Å². The van der Waals surface area contributed by atoms with E-state index in [1.165, 1.54) is 0 Å². The van der Waals surface area contributed by atoms with Gasteiger partial charge in [0.25, 0.3) is 0 Å². The molecule has 0 aliphatic carbocycles. The summed E-state index contributed by atoms with van der Waals surface area (Å²) in [4.78, 5) is 15.1. The molecule has 0 atom stereocenters. The molecule has 0 aromatic carbocycles. The highest BCUT2D eigenvalue weighted by molar-refractivity contribution is 14.1. The summed E-state index contributed by atoms with van der Waals surface area (Å²) in [5.74, 6) is 0.670. The second kappa shape index (κ2) is 6.15. The lowest BCUT2D eigenvalue weighted by molar-refractivity contribution is 0.209. The molecule has 0 aliphatic heterocycles. The normalized spacial score (nSPS) is 12.1. The predicted octanol–water partition coefficient (Wildman–Crippen LogP) is 4.40. The van der Waals surface area contributed by atoms with Crippen LogP contribution in [0.2, 0.25) is 0 Å². The van der Waals surface area contributed by atoms with Crippen molar-refractivity contribution in [3.8, 4) is 0 Å². The Hall–Kier alpha value is -1.05. The second-order valence-corrected chi connectivity index (χ2v) is 7.89. The van der Waals surface area contributed by atoms with Gasteiger partial charge in [-0.25, -0.2) is 9.78 Å². The van der Waals surface area contributed by atoms with Crippen molar-refractivity contribution in [3.05, 3.63) is 15.8 Å². The molecule has 5 nitrogen and oxygen atoms in total. The predicted molar refractivity (Wildman–Crippen MR) is 90.4 cm³/mol. The van der Waals surface area contributed by atoms with Crippen molar-refractivity contribution in [1.29, 1.82) is 0 Å². The third-order valence-electron chi connectivity index (χ3n) is 2.54. The Morgan fingerprint density at radius 3 is 2.45 bits per heavy atom. The maximum absolute atomic E-state index is 10.7. The molecular weight excluding hydrogens is 369 g/mol. The number of nitrogens with one attached hydrogen (secondary N) is 2. The van der Waals surface area contributed by atoms with Gasteiger partial charge in [-0.3, -0.25) is 5.32 Å². The van der Waals surface area contributed by atoms with Crippen LogP contribution in [0.25, 0.3) is 0 Å². The molecule has 0 spiro atoms. The van der Waals surface area contributed by atoms with E-state index < -0.39 is 6.09 Å². The van der Waals surface area contributed by atoms with E-state index in [4.69, 9.17) is 5.11 Å². The molecule has 3 N–H and O–H groups in total. The minimum atomic E-state index is -1.07. The van der Waals surface area contributed by atoms with Crippen LogP contribution in [0.15, 0.2) is 12.3 Å². The summed E-state index contributed by atoms with van der Waals surface area (Å²) in [6.45, 7) is 10.8. The number of carbonyl (C=O) groups is 1. The SMILES string of the molecule is CC(C)(C)CC(C)(C)Nc1cc(NC(=O)O)c(I)cn1. The minimum absolute atomic E-state index is 0.126. The highest BCUT2D eigenvalue weighted by Crippen LogP contribution is 2.30. The maximum atomic E-state index is 10.7. The van der Waals surface area contributed by atoms with Crippen molar-refractivity contribution in [2.45, 2.75) is 46.6 Å². The van der Waals surface area contributed by atoms with Crippen molar-refractivity contribution in [1.82, 2.24) is 4.98 Å². The molecule has 0 saturated carbocycles. The summed E-state index contributed by atoms with van der Waals surface area (Å²) in [5.41, 5.74) is 0.613. The zero-order valence-corrected chi connectivity index (χ0v) is 14.7. The maximum Gasteiger partial charge on any atom is 0.409 e. The van der Waals surface area contributed by atoms with Crippen LogP contribution in [0.1, 0.15) is 41.0 Å².